The first-order valence-electron chi connectivity index (χ1n) is 12.0. The predicted molar refractivity (Wildman–Crippen MR) is 145 cm³/mol. The third-order valence-corrected chi connectivity index (χ3v) is 7.47. The normalized spacial score (nSPS) is 15.1. The van der Waals surface area contributed by atoms with Crippen LogP contribution in [0.4, 0.5) is 0 Å². The second kappa shape index (κ2) is 11.9. The first kappa shape index (κ1) is 25.6. The molecule has 1 fully saturated rings. The molecule has 0 radical (unpaired) electrons. The van der Waals surface area contributed by atoms with Crippen molar-refractivity contribution >= 4 is 34.1 Å². The second-order valence-corrected chi connectivity index (χ2v) is 9.99. The Morgan fingerprint density at radius 2 is 1.72 bits per heavy atom. The summed E-state index contributed by atoms with van der Waals surface area (Å²) < 4.78 is 1.24. The number of nitriles is 2. The molecular weight excluding hydrogens is 467 g/mol. The summed E-state index contributed by atoms with van der Waals surface area (Å²) in [6, 6.07) is 25.2. The lowest BCUT2D eigenvalue weighted by molar-refractivity contribution is 0.272. The molecule has 4 aromatic rings. The van der Waals surface area contributed by atoms with Crippen molar-refractivity contribution in [1.82, 2.24) is 9.88 Å². The highest BCUT2D eigenvalue weighted by molar-refractivity contribution is 7.18. The molecule has 0 amide bonds. The Morgan fingerprint density at radius 1 is 1.00 bits per heavy atom. The molecule has 2 heterocycles. The molecule has 1 saturated heterocycles. The maximum absolute atomic E-state index is 9.09. The Bertz CT molecular complexity index is 1420. The lowest BCUT2D eigenvalue weighted by Gasteiger charge is -2.19. The first-order chi connectivity index (χ1) is 17.5. The summed E-state index contributed by atoms with van der Waals surface area (Å²) >= 11 is 1.80. The number of benzene rings is 3. The van der Waals surface area contributed by atoms with Gasteiger partial charge < -0.3 is 14.9 Å². The van der Waals surface area contributed by atoms with Gasteiger partial charge in [0, 0.05) is 19.0 Å². The van der Waals surface area contributed by atoms with Gasteiger partial charge in [-0.3, -0.25) is 0 Å². The highest BCUT2D eigenvalue weighted by atomic mass is 32.1. The van der Waals surface area contributed by atoms with E-state index in [0.717, 1.165) is 29.6 Å². The third-order valence-electron chi connectivity index (χ3n) is 6.37. The van der Waals surface area contributed by atoms with Gasteiger partial charge in [0.1, 0.15) is 0 Å². The largest absolute Gasteiger partial charge is 0.488 e. The van der Waals surface area contributed by atoms with E-state index in [4.69, 9.17) is 25.6 Å². The fourth-order valence-electron chi connectivity index (χ4n) is 4.36. The quantitative estimate of drug-likeness (QED) is 0.405. The van der Waals surface area contributed by atoms with E-state index >= 15 is 0 Å². The van der Waals surface area contributed by atoms with Crippen LogP contribution in [0, 0.1) is 22.7 Å². The Kier molecular flexibility index (Phi) is 8.48. The van der Waals surface area contributed by atoms with Gasteiger partial charge in [0.15, 0.2) is 0 Å². The van der Waals surface area contributed by atoms with Gasteiger partial charge >= 0.3 is 7.12 Å². The van der Waals surface area contributed by atoms with Crippen LogP contribution in [-0.2, 0) is 6.42 Å². The van der Waals surface area contributed by atoms with Crippen LogP contribution >= 0.6 is 11.3 Å². The zero-order chi connectivity index (χ0) is 25.5. The van der Waals surface area contributed by atoms with Crippen molar-refractivity contribution in [2.75, 3.05) is 13.1 Å². The number of hydrogen-bond donors (Lipinski definition) is 2. The van der Waals surface area contributed by atoms with Crippen molar-refractivity contribution in [2.45, 2.75) is 32.2 Å². The van der Waals surface area contributed by atoms with E-state index in [-0.39, 0.29) is 0 Å². The second-order valence-electron chi connectivity index (χ2n) is 8.87. The summed E-state index contributed by atoms with van der Waals surface area (Å²) in [6.07, 6.45) is 3.68. The number of aromatic nitrogens is 1. The van der Waals surface area contributed by atoms with E-state index in [9.17, 15) is 0 Å². The van der Waals surface area contributed by atoms with Crippen molar-refractivity contribution in [2.24, 2.45) is 0 Å². The van der Waals surface area contributed by atoms with Crippen molar-refractivity contribution in [1.29, 1.82) is 10.5 Å². The van der Waals surface area contributed by atoms with Crippen LogP contribution in [0.25, 0.3) is 21.3 Å². The van der Waals surface area contributed by atoms with Crippen LogP contribution in [-0.4, -0.2) is 46.2 Å². The summed E-state index contributed by atoms with van der Waals surface area (Å²) in [5, 5.41) is 36.1. The van der Waals surface area contributed by atoms with E-state index in [0.29, 0.717) is 22.6 Å². The molecule has 0 unspecified atom stereocenters. The molecule has 0 spiro atoms. The highest BCUT2D eigenvalue weighted by Crippen LogP contribution is 2.29. The number of likely N-dealkylation sites (tertiary alicyclic amines) is 1. The minimum atomic E-state index is -1.50. The van der Waals surface area contributed by atoms with E-state index in [1.807, 2.05) is 30.3 Å². The fourth-order valence-corrected chi connectivity index (χ4v) is 5.30. The summed E-state index contributed by atoms with van der Waals surface area (Å²) in [7, 11) is -1.50. The van der Waals surface area contributed by atoms with Gasteiger partial charge in [0.25, 0.3) is 0 Å². The molecule has 0 aliphatic carbocycles. The van der Waals surface area contributed by atoms with E-state index in [1.165, 1.54) is 35.2 Å². The minimum absolute atomic E-state index is 0.337. The molecule has 36 heavy (non-hydrogen) atoms. The molecule has 0 bridgehead atoms. The smallest absolute Gasteiger partial charge is 0.423 e. The SMILES string of the molecule is C[C@@H]1CCCN1CCc1nc2cc(-c3cccc(C#N)c3)ccc2s1.N#Cc1cccc(B(O)O)c1. The Morgan fingerprint density at radius 3 is 2.42 bits per heavy atom. The minimum Gasteiger partial charge on any atom is -0.423 e. The zero-order valence-electron chi connectivity index (χ0n) is 20.1. The maximum atomic E-state index is 9.09. The summed E-state index contributed by atoms with van der Waals surface area (Å²) in [6.45, 7) is 4.66. The van der Waals surface area contributed by atoms with Gasteiger partial charge in [-0.15, -0.1) is 11.3 Å². The van der Waals surface area contributed by atoms with Crippen LogP contribution in [0.2, 0.25) is 0 Å². The molecule has 2 N–H and O–H groups in total. The van der Waals surface area contributed by atoms with Gasteiger partial charge in [0.05, 0.1) is 38.5 Å². The van der Waals surface area contributed by atoms with Crippen molar-refractivity contribution in [3.63, 3.8) is 0 Å². The molecule has 6 nitrogen and oxygen atoms in total. The lowest BCUT2D eigenvalue weighted by atomic mass is 9.80. The van der Waals surface area contributed by atoms with Gasteiger partial charge in [-0.1, -0.05) is 30.3 Å². The van der Waals surface area contributed by atoms with Crippen LogP contribution in [0.1, 0.15) is 35.9 Å². The van der Waals surface area contributed by atoms with Crippen LogP contribution < -0.4 is 5.46 Å². The summed E-state index contributed by atoms with van der Waals surface area (Å²) in [4.78, 5) is 7.43. The number of fused-ring (bicyclic) bond motifs is 1. The number of rotatable bonds is 5. The predicted octanol–water partition coefficient (Wildman–Crippen LogP) is 4.10. The van der Waals surface area contributed by atoms with Gasteiger partial charge in [-0.2, -0.15) is 10.5 Å². The van der Waals surface area contributed by atoms with Crippen molar-refractivity contribution in [3.05, 3.63) is 82.9 Å². The zero-order valence-corrected chi connectivity index (χ0v) is 20.9. The Balaban J connectivity index is 0.000000233. The monoisotopic (exact) mass is 494 g/mol. The van der Waals surface area contributed by atoms with E-state index < -0.39 is 7.12 Å². The highest BCUT2D eigenvalue weighted by Gasteiger charge is 2.20. The molecule has 3 aromatic carbocycles. The van der Waals surface area contributed by atoms with Gasteiger partial charge in [-0.25, -0.2) is 4.98 Å². The summed E-state index contributed by atoms with van der Waals surface area (Å²) in [5.74, 6) is 0. The Hall–Kier alpha value is -3.53. The molecular formula is C28H27BN4O2S. The lowest BCUT2D eigenvalue weighted by Crippen LogP contribution is -2.29. The number of nitrogens with zero attached hydrogens (tertiary/aromatic N) is 4. The topological polar surface area (TPSA) is 104 Å². The van der Waals surface area contributed by atoms with Gasteiger partial charge in [-0.05, 0) is 79.3 Å². The molecule has 1 aliphatic rings. The van der Waals surface area contributed by atoms with Crippen molar-refractivity contribution in [3.8, 4) is 23.3 Å². The van der Waals surface area contributed by atoms with Crippen LogP contribution in [0.3, 0.4) is 0 Å². The molecule has 0 saturated carbocycles. The first-order valence-corrected chi connectivity index (χ1v) is 12.8. The molecule has 1 aromatic heterocycles. The average molecular weight is 494 g/mol. The third kappa shape index (κ3) is 6.37. The number of hydrogen-bond acceptors (Lipinski definition) is 7. The summed E-state index contributed by atoms with van der Waals surface area (Å²) in [5.41, 5.74) is 4.71. The molecule has 5 rings (SSSR count). The fraction of sp³-hybridized carbons (Fsp3) is 0.250. The van der Waals surface area contributed by atoms with Crippen LogP contribution in [0.5, 0.6) is 0 Å². The Labute approximate surface area is 215 Å². The molecule has 1 atom stereocenters. The maximum Gasteiger partial charge on any atom is 0.488 e. The van der Waals surface area contributed by atoms with Crippen LogP contribution in [0.15, 0.2) is 66.7 Å². The number of thiazole rings is 1. The molecule has 1 aliphatic heterocycles. The average Bonchev–Trinajstić information content (AvgIpc) is 3.52. The molecule has 8 heteroatoms. The van der Waals surface area contributed by atoms with Gasteiger partial charge in [0.2, 0.25) is 0 Å². The molecule has 180 valence electrons. The standard InChI is InChI=1S/C21H21N3S.C7H6BNO2/c1-15-4-3-10-24(15)11-9-21-23-19-13-18(7-8-20(19)25-21)17-6-2-5-16(12-17)14-22;9-5-6-2-1-3-7(4-6)8(10)11/h2,5-8,12-13,15H,3-4,9-11H2,1H3;1-4,10-11H/t15-;/m1./s1. The van der Waals surface area contributed by atoms with E-state index in [1.54, 1.807) is 29.5 Å². The van der Waals surface area contributed by atoms with Crippen molar-refractivity contribution < 1.29 is 10.0 Å². The van der Waals surface area contributed by atoms with E-state index in [2.05, 4.69) is 36.1 Å².